The fraction of sp³-hybridized carbons (Fsp3) is 0.148. The van der Waals surface area contributed by atoms with Gasteiger partial charge in [-0.15, -0.1) is 0 Å². The summed E-state index contributed by atoms with van der Waals surface area (Å²) in [5.74, 6) is 0.132. The fourth-order valence-corrected chi connectivity index (χ4v) is 4.10. The Labute approximate surface area is 202 Å². The van der Waals surface area contributed by atoms with Crippen LogP contribution in [0.4, 0.5) is 5.69 Å². The van der Waals surface area contributed by atoms with Crippen LogP contribution in [0.5, 0.6) is 5.75 Å². The topological polar surface area (TPSA) is 77.0 Å². The number of ether oxygens (including phenoxy) is 2. The molecule has 1 aliphatic rings. The van der Waals surface area contributed by atoms with Gasteiger partial charge in [-0.1, -0.05) is 30.3 Å². The average molecular weight is 473 g/mol. The first-order valence-electron chi connectivity index (χ1n) is 10.7. The highest BCUT2D eigenvalue weighted by atomic mass is 32.2. The van der Waals surface area contributed by atoms with Crippen molar-refractivity contribution >= 4 is 40.6 Å². The molecule has 0 unspecified atom stereocenters. The summed E-state index contributed by atoms with van der Waals surface area (Å²) in [7, 11) is 1.36. The van der Waals surface area contributed by atoms with Crippen molar-refractivity contribution in [1.82, 2.24) is 5.32 Å². The van der Waals surface area contributed by atoms with Crippen molar-refractivity contribution in [3.05, 3.63) is 99.5 Å². The van der Waals surface area contributed by atoms with Crippen molar-refractivity contribution in [2.75, 3.05) is 7.11 Å². The summed E-state index contributed by atoms with van der Waals surface area (Å²) in [4.78, 5) is 29.1. The van der Waals surface area contributed by atoms with E-state index in [1.54, 1.807) is 12.1 Å². The molecule has 0 spiro atoms. The normalized spacial score (nSPS) is 15.4. The van der Waals surface area contributed by atoms with Crippen molar-refractivity contribution in [1.29, 1.82) is 0 Å². The summed E-state index contributed by atoms with van der Waals surface area (Å²) >= 11 is 1.31. The van der Waals surface area contributed by atoms with Gasteiger partial charge in [0.2, 0.25) is 0 Å². The number of aryl methyl sites for hydroxylation is 2. The van der Waals surface area contributed by atoms with Crippen LogP contribution in [-0.4, -0.2) is 24.2 Å². The number of rotatable bonds is 6. The number of nitrogens with one attached hydrogen (secondary N) is 1. The number of nitrogens with zero attached hydrogens (tertiary/aromatic N) is 1. The molecule has 3 aromatic carbocycles. The number of aliphatic imine (C=N–C) groups is 1. The van der Waals surface area contributed by atoms with E-state index in [-0.39, 0.29) is 11.9 Å². The predicted molar refractivity (Wildman–Crippen MR) is 135 cm³/mol. The zero-order chi connectivity index (χ0) is 24.1. The van der Waals surface area contributed by atoms with E-state index in [9.17, 15) is 9.59 Å². The van der Waals surface area contributed by atoms with Crippen molar-refractivity contribution in [3.63, 3.8) is 0 Å². The summed E-state index contributed by atoms with van der Waals surface area (Å²) in [6.45, 7) is 4.44. The highest BCUT2D eigenvalue weighted by Crippen LogP contribution is 2.29. The van der Waals surface area contributed by atoms with Crippen molar-refractivity contribution in [2.24, 2.45) is 4.99 Å². The molecule has 1 fully saturated rings. The van der Waals surface area contributed by atoms with Crippen LogP contribution < -0.4 is 10.1 Å². The first-order chi connectivity index (χ1) is 16.4. The van der Waals surface area contributed by atoms with Crippen LogP contribution in [0.2, 0.25) is 0 Å². The molecular weight excluding hydrogens is 448 g/mol. The molecule has 3 aromatic rings. The number of esters is 1. The van der Waals surface area contributed by atoms with E-state index in [1.165, 1.54) is 24.4 Å². The SMILES string of the molecule is COC(=O)c1ccc(COc2cccc(C=C3SC(=Nc4ccc(C)c(C)c4)NC3=O)c2)cc1. The average Bonchev–Trinajstić information content (AvgIpc) is 3.18. The van der Waals surface area contributed by atoms with Gasteiger partial charge in [-0.25, -0.2) is 9.79 Å². The van der Waals surface area contributed by atoms with Crippen molar-refractivity contribution in [3.8, 4) is 5.75 Å². The van der Waals surface area contributed by atoms with Gasteiger partial charge in [0.05, 0.1) is 23.3 Å². The standard InChI is InChI=1S/C27H24N2O4S/c1-17-7-12-22(13-18(17)2)28-27-29-25(30)24(34-27)15-20-5-4-6-23(14-20)33-16-19-8-10-21(11-9-19)26(31)32-3/h4-15H,16H2,1-3H3,(H,28,29,30). The van der Waals surface area contributed by atoms with Gasteiger partial charge in [-0.3, -0.25) is 4.79 Å². The van der Waals surface area contributed by atoms with Crippen LogP contribution >= 0.6 is 11.8 Å². The van der Waals surface area contributed by atoms with E-state index in [0.29, 0.717) is 28.0 Å². The lowest BCUT2D eigenvalue weighted by Gasteiger charge is -2.08. The summed E-state index contributed by atoms with van der Waals surface area (Å²) < 4.78 is 10.6. The van der Waals surface area contributed by atoms with Gasteiger partial charge in [0.25, 0.3) is 5.91 Å². The molecule has 1 N–H and O–H groups in total. The first kappa shape index (κ1) is 23.3. The predicted octanol–water partition coefficient (Wildman–Crippen LogP) is 5.56. The van der Waals surface area contributed by atoms with E-state index in [4.69, 9.17) is 9.47 Å². The maximum absolute atomic E-state index is 12.4. The number of thioether (sulfide) groups is 1. The second-order valence-electron chi connectivity index (χ2n) is 7.80. The Morgan fingerprint density at radius 1 is 1.03 bits per heavy atom. The first-order valence-corrected chi connectivity index (χ1v) is 11.5. The van der Waals surface area contributed by atoms with Gasteiger partial charge in [-0.2, -0.15) is 0 Å². The molecule has 1 aliphatic heterocycles. The third-order valence-corrected chi connectivity index (χ3v) is 6.22. The minimum atomic E-state index is -0.371. The molecule has 1 saturated heterocycles. The van der Waals surface area contributed by atoms with Gasteiger partial charge in [0.15, 0.2) is 5.17 Å². The van der Waals surface area contributed by atoms with Gasteiger partial charge >= 0.3 is 5.97 Å². The number of amidine groups is 1. The Morgan fingerprint density at radius 3 is 2.56 bits per heavy atom. The Morgan fingerprint density at radius 2 is 1.82 bits per heavy atom. The molecule has 0 radical (unpaired) electrons. The number of benzene rings is 3. The van der Waals surface area contributed by atoms with Crippen LogP contribution in [0.1, 0.15) is 32.6 Å². The zero-order valence-electron chi connectivity index (χ0n) is 19.1. The van der Waals surface area contributed by atoms with Crippen molar-refractivity contribution in [2.45, 2.75) is 20.5 Å². The van der Waals surface area contributed by atoms with Gasteiger partial charge in [0, 0.05) is 0 Å². The van der Waals surface area contributed by atoms with Crippen LogP contribution in [0.25, 0.3) is 6.08 Å². The second-order valence-corrected chi connectivity index (χ2v) is 8.83. The third-order valence-electron chi connectivity index (χ3n) is 5.31. The second kappa shape index (κ2) is 10.4. The smallest absolute Gasteiger partial charge is 0.337 e. The molecule has 4 rings (SSSR count). The monoisotopic (exact) mass is 472 g/mol. The number of amides is 1. The zero-order valence-corrected chi connectivity index (χ0v) is 19.9. The highest BCUT2D eigenvalue weighted by molar-refractivity contribution is 8.18. The molecule has 0 aliphatic carbocycles. The molecule has 1 heterocycles. The Kier molecular flexibility index (Phi) is 7.13. The number of methoxy groups -OCH3 is 1. The molecule has 34 heavy (non-hydrogen) atoms. The van der Waals surface area contributed by atoms with E-state index in [1.807, 2.05) is 67.6 Å². The van der Waals surface area contributed by atoms with Gasteiger partial charge in [-0.05, 0) is 90.3 Å². The van der Waals surface area contributed by atoms with Crippen LogP contribution in [0.15, 0.2) is 76.6 Å². The lowest BCUT2D eigenvalue weighted by Crippen LogP contribution is -2.19. The van der Waals surface area contributed by atoms with Crippen LogP contribution in [0.3, 0.4) is 0 Å². The molecule has 1 amide bonds. The fourth-order valence-electron chi connectivity index (χ4n) is 3.26. The Balaban J connectivity index is 1.42. The molecule has 0 atom stereocenters. The summed E-state index contributed by atoms with van der Waals surface area (Å²) in [6, 6.07) is 20.6. The lowest BCUT2D eigenvalue weighted by molar-refractivity contribution is -0.115. The Hall–Kier alpha value is -3.84. The molecule has 0 saturated carbocycles. The van der Waals surface area contributed by atoms with E-state index < -0.39 is 0 Å². The molecule has 7 heteroatoms. The molecule has 0 bridgehead atoms. The number of hydrogen-bond acceptors (Lipinski definition) is 6. The summed E-state index contributed by atoms with van der Waals surface area (Å²) in [5, 5.41) is 3.38. The quantitative estimate of drug-likeness (QED) is 0.375. The van der Waals surface area contributed by atoms with Crippen LogP contribution in [0, 0.1) is 13.8 Å². The molecular formula is C27H24N2O4S. The number of carbonyl (C=O) groups is 2. The van der Waals surface area contributed by atoms with E-state index in [0.717, 1.165) is 22.4 Å². The molecule has 0 aromatic heterocycles. The summed E-state index contributed by atoms with van der Waals surface area (Å²) in [5.41, 5.74) is 5.43. The van der Waals surface area contributed by atoms with Gasteiger partial charge < -0.3 is 14.8 Å². The van der Waals surface area contributed by atoms with E-state index >= 15 is 0 Å². The lowest BCUT2D eigenvalue weighted by atomic mass is 10.1. The molecule has 6 nitrogen and oxygen atoms in total. The van der Waals surface area contributed by atoms with Gasteiger partial charge in [0.1, 0.15) is 12.4 Å². The minimum absolute atomic E-state index is 0.176. The largest absolute Gasteiger partial charge is 0.489 e. The van der Waals surface area contributed by atoms with Crippen LogP contribution in [-0.2, 0) is 16.1 Å². The number of carbonyl (C=O) groups excluding carboxylic acids is 2. The number of hydrogen-bond donors (Lipinski definition) is 1. The summed E-state index contributed by atoms with van der Waals surface area (Å²) in [6.07, 6.45) is 1.82. The Bertz CT molecular complexity index is 1300. The minimum Gasteiger partial charge on any atom is -0.489 e. The third kappa shape index (κ3) is 5.74. The van der Waals surface area contributed by atoms with Crippen molar-refractivity contribution < 1.29 is 19.1 Å². The molecule has 172 valence electrons. The van der Waals surface area contributed by atoms with E-state index in [2.05, 4.69) is 17.2 Å². The maximum atomic E-state index is 12.4. The highest BCUT2D eigenvalue weighted by Gasteiger charge is 2.23. The maximum Gasteiger partial charge on any atom is 0.337 e.